The molecule has 0 radical (unpaired) electrons. The Balaban J connectivity index is 2.11. The van der Waals surface area contributed by atoms with Gasteiger partial charge in [-0.3, -0.25) is 0 Å². The first-order valence-corrected chi connectivity index (χ1v) is 7.75. The van der Waals surface area contributed by atoms with Crippen LogP contribution >= 0.6 is 0 Å². The normalized spacial score (nSPS) is 24.2. The lowest BCUT2D eigenvalue weighted by molar-refractivity contribution is 0.0879. The number of rotatable bonds is 4. The van der Waals surface area contributed by atoms with E-state index in [0.29, 0.717) is 6.10 Å². The predicted octanol–water partition coefficient (Wildman–Crippen LogP) is 4.57. The van der Waals surface area contributed by atoms with Gasteiger partial charge in [0.1, 0.15) is 5.75 Å². The molecule has 1 saturated carbocycles. The summed E-state index contributed by atoms with van der Waals surface area (Å²) in [4.78, 5) is 0. The molecule has 2 nitrogen and oxygen atoms in total. The molecule has 0 aliphatic heterocycles. The Labute approximate surface area is 123 Å². The smallest absolute Gasteiger partial charge is 0.118 e. The van der Waals surface area contributed by atoms with Crippen LogP contribution in [0.1, 0.15) is 51.5 Å². The molecule has 0 saturated heterocycles. The monoisotopic (exact) mass is 276 g/mol. The Morgan fingerprint density at radius 2 is 1.65 bits per heavy atom. The van der Waals surface area contributed by atoms with Gasteiger partial charge < -0.3 is 9.47 Å². The largest absolute Gasteiger partial charge is 0.497 e. The molecule has 1 fully saturated rings. The zero-order valence-electron chi connectivity index (χ0n) is 13.3. The number of hydrogen-bond donors (Lipinski definition) is 0. The molecule has 2 unspecified atom stereocenters. The SMILES string of the molecule is COc1ccc(C(C)(C)C2CCCC(OC)CC2)cc1. The third-order valence-electron chi connectivity index (χ3n) is 5.10. The Morgan fingerprint density at radius 3 is 2.25 bits per heavy atom. The fourth-order valence-corrected chi connectivity index (χ4v) is 3.48. The fourth-order valence-electron chi connectivity index (χ4n) is 3.48. The van der Waals surface area contributed by atoms with Gasteiger partial charge in [-0.15, -0.1) is 0 Å². The first-order valence-electron chi connectivity index (χ1n) is 7.75. The topological polar surface area (TPSA) is 18.5 Å². The molecule has 0 spiro atoms. The summed E-state index contributed by atoms with van der Waals surface area (Å²) in [5.74, 6) is 1.67. The van der Waals surface area contributed by atoms with Crippen LogP contribution in [-0.2, 0) is 10.2 Å². The average molecular weight is 276 g/mol. The number of hydrogen-bond acceptors (Lipinski definition) is 2. The van der Waals surface area contributed by atoms with E-state index < -0.39 is 0 Å². The zero-order valence-corrected chi connectivity index (χ0v) is 13.3. The maximum Gasteiger partial charge on any atom is 0.118 e. The number of ether oxygens (including phenoxy) is 2. The molecule has 1 aliphatic rings. The highest BCUT2D eigenvalue weighted by Crippen LogP contribution is 2.40. The maximum absolute atomic E-state index is 5.55. The highest BCUT2D eigenvalue weighted by Gasteiger charge is 2.32. The van der Waals surface area contributed by atoms with E-state index in [-0.39, 0.29) is 5.41 Å². The molecule has 0 aromatic heterocycles. The van der Waals surface area contributed by atoms with E-state index in [9.17, 15) is 0 Å². The Morgan fingerprint density at radius 1 is 0.950 bits per heavy atom. The quantitative estimate of drug-likeness (QED) is 0.750. The predicted molar refractivity (Wildman–Crippen MR) is 83.4 cm³/mol. The van der Waals surface area contributed by atoms with E-state index in [0.717, 1.165) is 11.7 Å². The number of methoxy groups -OCH3 is 2. The van der Waals surface area contributed by atoms with E-state index in [1.165, 1.54) is 37.7 Å². The molecule has 2 heteroatoms. The van der Waals surface area contributed by atoms with Crippen molar-refractivity contribution in [1.82, 2.24) is 0 Å². The molecule has 0 N–H and O–H groups in total. The van der Waals surface area contributed by atoms with Crippen LogP contribution in [0.4, 0.5) is 0 Å². The summed E-state index contributed by atoms with van der Waals surface area (Å²) in [6.45, 7) is 4.76. The molecule has 2 rings (SSSR count). The summed E-state index contributed by atoms with van der Waals surface area (Å²) in [7, 11) is 3.57. The van der Waals surface area contributed by atoms with E-state index >= 15 is 0 Å². The molecule has 0 heterocycles. The summed E-state index contributed by atoms with van der Waals surface area (Å²) in [6.07, 6.45) is 6.72. The fraction of sp³-hybridized carbons (Fsp3) is 0.667. The second-order valence-corrected chi connectivity index (χ2v) is 6.51. The molecule has 1 aliphatic carbocycles. The van der Waals surface area contributed by atoms with Gasteiger partial charge >= 0.3 is 0 Å². The van der Waals surface area contributed by atoms with Gasteiger partial charge in [0.2, 0.25) is 0 Å². The summed E-state index contributed by atoms with van der Waals surface area (Å²) in [5.41, 5.74) is 1.63. The summed E-state index contributed by atoms with van der Waals surface area (Å²) in [5, 5.41) is 0. The van der Waals surface area contributed by atoms with Crippen molar-refractivity contribution < 1.29 is 9.47 Å². The third-order valence-corrected chi connectivity index (χ3v) is 5.10. The van der Waals surface area contributed by atoms with Crippen molar-refractivity contribution in [3.8, 4) is 5.75 Å². The van der Waals surface area contributed by atoms with Gasteiger partial charge in [-0.2, -0.15) is 0 Å². The minimum atomic E-state index is 0.217. The highest BCUT2D eigenvalue weighted by molar-refractivity contribution is 5.32. The lowest BCUT2D eigenvalue weighted by atomic mass is 9.70. The van der Waals surface area contributed by atoms with Crippen LogP contribution in [0.25, 0.3) is 0 Å². The van der Waals surface area contributed by atoms with Crippen molar-refractivity contribution in [3.05, 3.63) is 29.8 Å². The standard InChI is InChI=1S/C18H28O2/c1-18(2,15-9-12-17(20-4)13-10-15)14-6-5-7-16(19-3)11-8-14/h9-10,12-14,16H,5-8,11H2,1-4H3. The van der Waals surface area contributed by atoms with Crippen LogP contribution in [-0.4, -0.2) is 20.3 Å². The van der Waals surface area contributed by atoms with Crippen LogP contribution in [0.2, 0.25) is 0 Å². The van der Waals surface area contributed by atoms with Crippen LogP contribution in [0, 0.1) is 5.92 Å². The summed E-state index contributed by atoms with van der Waals surface area (Å²) < 4.78 is 10.8. The molecule has 0 bridgehead atoms. The number of benzene rings is 1. The molecule has 1 aromatic carbocycles. The first kappa shape index (κ1) is 15.4. The third kappa shape index (κ3) is 3.35. The van der Waals surface area contributed by atoms with Crippen LogP contribution < -0.4 is 4.74 Å². The van der Waals surface area contributed by atoms with Gasteiger partial charge in [0.25, 0.3) is 0 Å². The van der Waals surface area contributed by atoms with Crippen LogP contribution in [0.3, 0.4) is 0 Å². The van der Waals surface area contributed by atoms with Gasteiger partial charge in [0, 0.05) is 7.11 Å². The van der Waals surface area contributed by atoms with Crippen molar-refractivity contribution in [2.75, 3.05) is 14.2 Å². The van der Waals surface area contributed by atoms with Gasteiger partial charge in [-0.1, -0.05) is 32.4 Å². The van der Waals surface area contributed by atoms with Crippen molar-refractivity contribution in [1.29, 1.82) is 0 Å². The maximum atomic E-state index is 5.55. The van der Waals surface area contributed by atoms with E-state index in [1.54, 1.807) is 7.11 Å². The zero-order chi connectivity index (χ0) is 14.6. The Kier molecular flexibility index (Phi) is 5.09. The lowest BCUT2D eigenvalue weighted by Gasteiger charge is -2.34. The molecule has 2 atom stereocenters. The van der Waals surface area contributed by atoms with E-state index in [2.05, 4.69) is 38.1 Å². The van der Waals surface area contributed by atoms with Gasteiger partial charge in [-0.25, -0.2) is 0 Å². The molecular formula is C18H28O2. The lowest BCUT2D eigenvalue weighted by Crippen LogP contribution is -2.28. The van der Waals surface area contributed by atoms with E-state index in [1.807, 2.05) is 7.11 Å². The summed E-state index contributed by atoms with van der Waals surface area (Å²) in [6, 6.07) is 8.59. The highest BCUT2D eigenvalue weighted by atomic mass is 16.5. The van der Waals surface area contributed by atoms with Gasteiger partial charge in [-0.05, 0) is 54.7 Å². The molecule has 0 amide bonds. The minimum Gasteiger partial charge on any atom is -0.497 e. The molecular weight excluding hydrogens is 248 g/mol. The van der Waals surface area contributed by atoms with Crippen LogP contribution in [0.15, 0.2) is 24.3 Å². The van der Waals surface area contributed by atoms with Crippen molar-refractivity contribution in [2.24, 2.45) is 5.92 Å². The minimum absolute atomic E-state index is 0.217. The second-order valence-electron chi connectivity index (χ2n) is 6.51. The van der Waals surface area contributed by atoms with Gasteiger partial charge in [0.15, 0.2) is 0 Å². The first-order chi connectivity index (χ1) is 9.57. The second kappa shape index (κ2) is 6.62. The average Bonchev–Trinajstić information content (AvgIpc) is 2.73. The molecule has 112 valence electrons. The van der Waals surface area contributed by atoms with Crippen molar-refractivity contribution in [3.63, 3.8) is 0 Å². The molecule has 1 aromatic rings. The van der Waals surface area contributed by atoms with E-state index in [4.69, 9.17) is 9.47 Å². The van der Waals surface area contributed by atoms with Crippen LogP contribution in [0.5, 0.6) is 5.75 Å². The Bertz CT molecular complexity index is 408. The summed E-state index contributed by atoms with van der Waals surface area (Å²) >= 11 is 0. The molecule has 20 heavy (non-hydrogen) atoms. The van der Waals surface area contributed by atoms with Crippen molar-refractivity contribution >= 4 is 0 Å². The Hall–Kier alpha value is -1.02. The van der Waals surface area contributed by atoms with Crippen molar-refractivity contribution in [2.45, 2.75) is 57.5 Å². The van der Waals surface area contributed by atoms with Gasteiger partial charge in [0.05, 0.1) is 13.2 Å².